The van der Waals surface area contributed by atoms with E-state index in [1.807, 2.05) is 0 Å². The zero-order valence-corrected chi connectivity index (χ0v) is 13.4. The monoisotopic (exact) mass is 293 g/mol. The molecule has 1 fully saturated rings. The Morgan fingerprint density at radius 3 is 2.52 bits per heavy atom. The summed E-state index contributed by atoms with van der Waals surface area (Å²) in [5.41, 5.74) is 0. The van der Waals surface area contributed by atoms with Crippen molar-refractivity contribution in [2.75, 3.05) is 24.3 Å². The second-order valence-electron chi connectivity index (χ2n) is 5.73. The Bertz CT molecular complexity index is 434. The smallest absolute Gasteiger partial charge is 0.322 e. The van der Waals surface area contributed by atoms with E-state index >= 15 is 0 Å². The van der Waals surface area contributed by atoms with Crippen molar-refractivity contribution in [1.82, 2.24) is 15.0 Å². The Morgan fingerprint density at radius 1 is 1.14 bits per heavy atom. The predicted molar refractivity (Wildman–Crippen MR) is 84.8 cm³/mol. The first-order valence-electron chi connectivity index (χ1n) is 8.03. The molecule has 1 atom stereocenters. The molecule has 1 aromatic heterocycles. The van der Waals surface area contributed by atoms with Crippen molar-refractivity contribution < 1.29 is 4.74 Å². The van der Waals surface area contributed by atoms with Gasteiger partial charge in [0.1, 0.15) is 0 Å². The van der Waals surface area contributed by atoms with Crippen LogP contribution in [0, 0.1) is 5.92 Å². The van der Waals surface area contributed by atoms with Crippen LogP contribution in [0.2, 0.25) is 0 Å². The molecule has 118 valence electrons. The zero-order valence-electron chi connectivity index (χ0n) is 13.4. The lowest BCUT2D eigenvalue weighted by Crippen LogP contribution is -2.28. The second kappa shape index (κ2) is 8.00. The van der Waals surface area contributed by atoms with Gasteiger partial charge in [0.15, 0.2) is 0 Å². The molecule has 1 unspecified atom stereocenters. The van der Waals surface area contributed by atoms with Crippen LogP contribution < -0.4 is 15.4 Å². The summed E-state index contributed by atoms with van der Waals surface area (Å²) in [7, 11) is 1.58. The Morgan fingerprint density at radius 2 is 1.86 bits per heavy atom. The van der Waals surface area contributed by atoms with Crippen molar-refractivity contribution in [1.29, 1.82) is 0 Å². The first kappa shape index (κ1) is 15.8. The molecule has 6 heteroatoms. The Labute approximate surface area is 127 Å². The average Bonchev–Trinajstić information content (AvgIpc) is 2.53. The van der Waals surface area contributed by atoms with Gasteiger partial charge in [-0.1, -0.05) is 26.2 Å². The van der Waals surface area contributed by atoms with Crippen LogP contribution in [0.25, 0.3) is 0 Å². The summed E-state index contributed by atoms with van der Waals surface area (Å²) in [5.74, 6) is 1.87. The highest BCUT2D eigenvalue weighted by Crippen LogP contribution is 2.27. The van der Waals surface area contributed by atoms with E-state index in [1.165, 1.54) is 32.1 Å². The van der Waals surface area contributed by atoms with Crippen molar-refractivity contribution in [2.24, 2.45) is 5.92 Å². The van der Waals surface area contributed by atoms with Gasteiger partial charge >= 0.3 is 6.01 Å². The second-order valence-corrected chi connectivity index (χ2v) is 5.73. The van der Waals surface area contributed by atoms with Gasteiger partial charge in [0.05, 0.1) is 7.11 Å². The summed E-state index contributed by atoms with van der Waals surface area (Å²) in [6.07, 6.45) is 7.64. The SMILES string of the molecule is CCCNc1nc(NC(C)C2CCCCC2)nc(OC)n1. The Kier molecular flexibility index (Phi) is 6.02. The molecule has 0 saturated heterocycles. The molecule has 1 aliphatic carbocycles. The topological polar surface area (TPSA) is 72.0 Å². The van der Waals surface area contributed by atoms with Gasteiger partial charge in [-0.25, -0.2) is 0 Å². The molecule has 1 saturated carbocycles. The number of anilines is 2. The molecule has 1 heterocycles. The fourth-order valence-electron chi connectivity index (χ4n) is 2.78. The van der Waals surface area contributed by atoms with Gasteiger partial charge in [-0.05, 0) is 32.1 Å². The van der Waals surface area contributed by atoms with Crippen LogP contribution in [0.4, 0.5) is 11.9 Å². The van der Waals surface area contributed by atoms with Crippen LogP contribution >= 0.6 is 0 Å². The standard InChI is InChI=1S/C15H27N5O/c1-4-10-16-13-18-14(20-15(19-13)21-3)17-11(2)12-8-6-5-7-9-12/h11-12H,4-10H2,1-3H3,(H2,16,17,18,19,20). The third-order valence-electron chi connectivity index (χ3n) is 4.04. The third kappa shape index (κ3) is 4.72. The van der Waals surface area contributed by atoms with Gasteiger partial charge in [-0.15, -0.1) is 0 Å². The van der Waals surface area contributed by atoms with Crippen molar-refractivity contribution in [3.05, 3.63) is 0 Å². The van der Waals surface area contributed by atoms with Crippen LogP contribution in [0.15, 0.2) is 0 Å². The molecule has 0 aliphatic heterocycles. The van der Waals surface area contributed by atoms with E-state index in [2.05, 4.69) is 39.4 Å². The first-order chi connectivity index (χ1) is 10.2. The highest BCUT2D eigenvalue weighted by Gasteiger charge is 2.21. The lowest BCUT2D eigenvalue weighted by atomic mass is 9.85. The highest BCUT2D eigenvalue weighted by atomic mass is 16.5. The Hall–Kier alpha value is -1.59. The molecule has 2 N–H and O–H groups in total. The summed E-state index contributed by atoms with van der Waals surface area (Å²) in [6.45, 7) is 5.16. The number of rotatable bonds is 7. The average molecular weight is 293 g/mol. The number of methoxy groups -OCH3 is 1. The summed E-state index contributed by atoms with van der Waals surface area (Å²) in [4.78, 5) is 12.9. The van der Waals surface area contributed by atoms with Gasteiger partial charge in [-0.2, -0.15) is 15.0 Å². The van der Waals surface area contributed by atoms with Gasteiger partial charge < -0.3 is 15.4 Å². The van der Waals surface area contributed by atoms with Crippen molar-refractivity contribution in [3.63, 3.8) is 0 Å². The van der Waals surface area contributed by atoms with E-state index < -0.39 is 0 Å². The fraction of sp³-hybridized carbons (Fsp3) is 0.800. The van der Waals surface area contributed by atoms with E-state index in [1.54, 1.807) is 7.11 Å². The number of hydrogen-bond donors (Lipinski definition) is 2. The lowest BCUT2D eigenvalue weighted by Gasteiger charge is -2.28. The van der Waals surface area contributed by atoms with Crippen LogP contribution in [0.5, 0.6) is 6.01 Å². The maximum absolute atomic E-state index is 5.16. The molecule has 0 amide bonds. The largest absolute Gasteiger partial charge is 0.467 e. The van der Waals surface area contributed by atoms with Crippen molar-refractivity contribution >= 4 is 11.9 Å². The normalized spacial score (nSPS) is 17.3. The van der Waals surface area contributed by atoms with E-state index in [4.69, 9.17) is 4.74 Å². The molecule has 1 aliphatic rings. The van der Waals surface area contributed by atoms with Crippen LogP contribution in [0.3, 0.4) is 0 Å². The summed E-state index contributed by atoms with van der Waals surface area (Å²) in [5, 5.41) is 6.60. The molecule has 0 aromatic carbocycles. The minimum Gasteiger partial charge on any atom is -0.467 e. The number of nitrogens with zero attached hydrogens (tertiary/aromatic N) is 3. The molecule has 0 bridgehead atoms. The molecular weight excluding hydrogens is 266 g/mol. The van der Waals surface area contributed by atoms with Gasteiger partial charge in [-0.3, -0.25) is 0 Å². The molecule has 0 radical (unpaired) electrons. The maximum Gasteiger partial charge on any atom is 0.322 e. The Balaban J connectivity index is 2.03. The van der Waals surface area contributed by atoms with Crippen LogP contribution in [0.1, 0.15) is 52.4 Å². The predicted octanol–water partition coefficient (Wildman–Crippen LogP) is 3.08. The third-order valence-corrected chi connectivity index (χ3v) is 4.04. The lowest BCUT2D eigenvalue weighted by molar-refractivity contribution is 0.327. The summed E-state index contributed by atoms with van der Waals surface area (Å²) >= 11 is 0. The quantitative estimate of drug-likeness (QED) is 0.805. The summed E-state index contributed by atoms with van der Waals surface area (Å²) in [6, 6.07) is 0.721. The van der Waals surface area contributed by atoms with E-state index in [9.17, 15) is 0 Å². The first-order valence-corrected chi connectivity index (χ1v) is 8.03. The van der Waals surface area contributed by atoms with Crippen molar-refractivity contribution in [3.8, 4) is 6.01 Å². The molecule has 0 spiro atoms. The van der Waals surface area contributed by atoms with Gasteiger partial charge in [0.2, 0.25) is 11.9 Å². The maximum atomic E-state index is 5.16. The number of aromatic nitrogens is 3. The van der Waals surface area contributed by atoms with Crippen LogP contribution in [-0.2, 0) is 0 Å². The zero-order chi connectivity index (χ0) is 15.1. The molecule has 2 rings (SSSR count). The number of nitrogens with one attached hydrogen (secondary N) is 2. The fourth-order valence-corrected chi connectivity index (χ4v) is 2.78. The molecule has 21 heavy (non-hydrogen) atoms. The van der Waals surface area contributed by atoms with Crippen molar-refractivity contribution in [2.45, 2.75) is 58.4 Å². The minimum atomic E-state index is 0.349. The van der Waals surface area contributed by atoms with Crippen LogP contribution in [-0.4, -0.2) is 34.6 Å². The number of hydrogen-bond acceptors (Lipinski definition) is 6. The molecular formula is C15H27N5O. The molecule has 6 nitrogen and oxygen atoms in total. The van der Waals surface area contributed by atoms with E-state index in [0.29, 0.717) is 29.9 Å². The minimum absolute atomic E-state index is 0.349. The van der Waals surface area contributed by atoms with Gasteiger partial charge in [0.25, 0.3) is 0 Å². The highest BCUT2D eigenvalue weighted by molar-refractivity contribution is 5.36. The van der Waals surface area contributed by atoms with E-state index in [0.717, 1.165) is 13.0 Å². The number of ether oxygens (including phenoxy) is 1. The molecule has 1 aromatic rings. The van der Waals surface area contributed by atoms with E-state index in [-0.39, 0.29) is 0 Å². The van der Waals surface area contributed by atoms with Gasteiger partial charge in [0, 0.05) is 12.6 Å². The summed E-state index contributed by atoms with van der Waals surface area (Å²) < 4.78 is 5.16.